The van der Waals surface area contributed by atoms with Crippen LogP contribution in [0.5, 0.6) is 0 Å². The van der Waals surface area contributed by atoms with E-state index in [-0.39, 0.29) is 5.91 Å². The molecule has 4 heteroatoms. The van der Waals surface area contributed by atoms with Gasteiger partial charge in [0.25, 0.3) is 5.91 Å². The van der Waals surface area contributed by atoms with Crippen LogP contribution in [-0.4, -0.2) is 22.8 Å². The second-order valence-corrected chi connectivity index (χ2v) is 7.51. The maximum Gasteiger partial charge on any atom is 0.270 e. The number of hydrogen-bond acceptors (Lipinski definition) is 2. The van der Waals surface area contributed by atoms with Crippen LogP contribution in [0.2, 0.25) is 0 Å². The standard InChI is InChI=1S/C21H24N2O2/c1-12-7-13(2)16-10-19(22-18(16)8-12)21(24)23(4)11-15-5-6-20(25-15)17-9-14(17)3/h5-8,10,14,17,22H,9,11H2,1-4H3/t14-,17-/m1/s1. The second kappa shape index (κ2) is 5.80. The van der Waals surface area contributed by atoms with Gasteiger partial charge in [-0.15, -0.1) is 0 Å². The Hall–Kier alpha value is -2.49. The summed E-state index contributed by atoms with van der Waals surface area (Å²) in [6, 6.07) is 10.2. The number of amides is 1. The molecular weight excluding hydrogens is 312 g/mol. The van der Waals surface area contributed by atoms with Crippen LogP contribution in [0.3, 0.4) is 0 Å². The molecule has 1 N–H and O–H groups in total. The van der Waals surface area contributed by atoms with Crippen molar-refractivity contribution in [3.63, 3.8) is 0 Å². The van der Waals surface area contributed by atoms with Crippen molar-refractivity contribution < 1.29 is 9.21 Å². The summed E-state index contributed by atoms with van der Waals surface area (Å²) in [7, 11) is 1.81. The summed E-state index contributed by atoms with van der Waals surface area (Å²) in [5.41, 5.74) is 4.00. The fraction of sp³-hybridized carbons (Fsp3) is 0.381. The van der Waals surface area contributed by atoms with Crippen LogP contribution in [0, 0.1) is 19.8 Å². The summed E-state index contributed by atoms with van der Waals surface area (Å²) in [6.07, 6.45) is 1.20. The minimum atomic E-state index is -0.0222. The highest BCUT2D eigenvalue weighted by Gasteiger charge is 2.36. The fourth-order valence-corrected chi connectivity index (χ4v) is 3.62. The average molecular weight is 336 g/mol. The number of fused-ring (bicyclic) bond motifs is 1. The molecule has 0 spiro atoms. The number of nitrogens with zero attached hydrogens (tertiary/aromatic N) is 1. The summed E-state index contributed by atoms with van der Waals surface area (Å²) < 4.78 is 5.92. The first-order valence-corrected chi connectivity index (χ1v) is 8.86. The van der Waals surface area contributed by atoms with Crippen molar-refractivity contribution in [3.8, 4) is 0 Å². The Morgan fingerprint density at radius 1 is 1.28 bits per heavy atom. The van der Waals surface area contributed by atoms with Crippen molar-refractivity contribution in [1.82, 2.24) is 9.88 Å². The minimum absolute atomic E-state index is 0.0222. The van der Waals surface area contributed by atoms with E-state index in [1.54, 1.807) is 4.90 Å². The van der Waals surface area contributed by atoms with Gasteiger partial charge in [0, 0.05) is 23.9 Å². The number of aromatic amines is 1. The van der Waals surface area contributed by atoms with Gasteiger partial charge in [-0.3, -0.25) is 4.79 Å². The van der Waals surface area contributed by atoms with Crippen LogP contribution in [-0.2, 0) is 6.54 Å². The highest BCUT2D eigenvalue weighted by molar-refractivity contribution is 5.98. The van der Waals surface area contributed by atoms with Gasteiger partial charge in [0.1, 0.15) is 17.2 Å². The Morgan fingerprint density at radius 2 is 2.04 bits per heavy atom. The third kappa shape index (κ3) is 2.97. The van der Waals surface area contributed by atoms with Crippen LogP contribution >= 0.6 is 0 Å². The molecule has 0 bridgehead atoms. The molecule has 0 aliphatic heterocycles. The number of rotatable bonds is 4. The van der Waals surface area contributed by atoms with E-state index in [0.29, 0.717) is 18.2 Å². The van der Waals surface area contributed by atoms with E-state index in [2.05, 4.69) is 44.0 Å². The number of H-pyrrole nitrogens is 1. The monoisotopic (exact) mass is 336 g/mol. The number of nitrogens with one attached hydrogen (secondary N) is 1. The fourth-order valence-electron chi connectivity index (χ4n) is 3.62. The summed E-state index contributed by atoms with van der Waals surface area (Å²) in [5, 5.41) is 1.10. The third-order valence-electron chi connectivity index (χ3n) is 5.22. The van der Waals surface area contributed by atoms with Crippen LogP contribution in [0.1, 0.15) is 52.4 Å². The zero-order valence-electron chi connectivity index (χ0n) is 15.2. The average Bonchev–Trinajstić information content (AvgIpc) is 2.98. The predicted molar refractivity (Wildman–Crippen MR) is 98.8 cm³/mol. The van der Waals surface area contributed by atoms with E-state index in [1.165, 1.54) is 17.5 Å². The van der Waals surface area contributed by atoms with Crippen molar-refractivity contribution in [2.24, 2.45) is 5.92 Å². The topological polar surface area (TPSA) is 49.2 Å². The molecule has 2 aromatic heterocycles. The zero-order chi connectivity index (χ0) is 17.7. The van der Waals surface area contributed by atoms with Crippen molar-refractivity contribution in [2.45, 2.75) is 39.7 Å². The third-order valence-corrected chi connectivity index (χ3v) is 5.22. The smallest absolute Gasteiger partial charge is 0.270 e. The maximum atomic E-state index is 12.8. The Bertz CT molecular complexity index is 950. The van der Waals surface area contributed by atoms with Crippen LogP contribution in [0.25, 0.3) is 10.9 Å². The number of hydrogen-bond donors (Lipinski definition) is 1. The van der Waals surface area contributed by atoms with Crippen LogP contribution < -0.4 is 0 Å². The van der Waals surface area contributed by atoms with Crippen LogP contribution in [0.4, 0.5) is 0 Å². The van der Waals surface area contributed by atoms with Gasteiger partial charge in [0.05, 0.1) is 6.54 Å². The first-order chi connectivity index (χ1) is 11.9. The van der Waals surface area contributed by atoms with Gasteiger partial charge < -0.3 is 14.3 Å². The van der Waals surface area contributed by atoms with Gasteiger partial charge in [0.15, 0.2) is 0 Å². The molecule has 1 aliphatic carbocycles. The Morgan fingerprint density at radius 3 is 2.76 bits per heavy atom. The molecule has 4 nitrogen and oxygen atoms in total. The normalized spacial score (nSPS) is 19.4. The lowest BCUT2D eigenvalue weighted by molar-refractivity contribution is 0.0770. The quantitative estimate of drug-likeness (QED) is 0.746. The van der Waals surface area contributed by atoms with Gasteiger partial charge in [-0.25, -0.2) is 0 Å². The number of carbonyl (C=O) groups excluding carboxylic acids is 1. The summed E-state index contributed by atoms with van der Waals surface area (Å²) in [4.78, 5) is 17.7. The molecule has 130 valence electrons. The summed E-state index contributed by atoms with van der Waals surface area (Å²) in [5.74, 6) is 3.16. The van der Waals surface area contributed by atoms with E-state index in [0.717, 1.165) is 28.3 Å². The second-order valence-electron chi connectivity index (χ2n) is 7.51. The van der Waals surface area contributed by atoms with E-state index in [1.807, 2.05) is 19.2 Å². The number of benzene rings is 1. The van der Waals surface area contributed by atoms with E-state index >= 15 is 0 Å². The number of aryl methyl sites for hydroxylation is 2. The highest BCUT2D eigenvalue weighted by Crippen LogP contribution is 2.47. The van der Waals surface area contributed by atoms with Crippen molar-refractivity contribution in [1.29, 1.82) is 0 Å². The Balaban J connectivity index is 1.52. The first kappa shape index (κ1) is 16.0. The molecular formula is C21H24N2O2. The molecule has 0 unspecified atom stereocenters. The summed E-state index contributed by atoms with van der Waals surface area (Å²) >= 11 is 0. The van der Waals surface area contributed by atoms with Gasteiger partial charge in [-0.05, 0) is 61.6 Å². The molecule has 1 aromatic carbocycles. The molecule has 1 saturated carbocycles. The van der Waals surface area contributed by atoms with Gasteiger partial charge in [-0.1, -0.05) is 13.0 Å². The molecule has 3 aromatic rings. The van der Waals surface area contributed by atoms with E-state index in [4.69, 9.17) is 4.42 Å². The lowest BCUT2D eigenvalue weighted by atomic mass is 10.1. The molecule has 4 rings (SSSR count). The molecule has 0 radical (unpaired) electrons. The largest absolute Gasteiger partial charge is 0.464 e. The lowest BCUT2D eigenvalue weighted by Crippen LogP contribution is -2.26. The molecule has 1 aliphatic rings. The highest BCUT2D eigenvalue weighted by atomic mass is 16.3. The first-order valence-electron chi connectivity index (χ1n) is 8.86. The van der Waals surface area contributed by atoms with Crippen LogP contribution in [0.15, 0.2) is 34.7 Å². The minimum Gasteiger partial charge on any atom is -0.464 e. The van der Waals surface area contributed by atoms with Gasteiger partial charge >= 0.3 is 0 Å². The molecule has 0 saturated heterocycles. The number of carbonyl (C=O) groups is 1. The zero-order valence-corrected chi connectivity index (χ0v) is 15.2. The van der Waals surface area contributed by atoms with E-state index in [9.17, 15) is 4.79 Å². The van der Waals surface area contributed by atoms with Crippen molar-refractivity contribution in [2.75, 3.05) is 7.05 Å². The predicted octanol–water partition coefficient (Wildman–Crippen LogP) is 4.77. The SMILES string of the molecule is Cc1cc(C)c2cc(C(=O)N(C)Cc3ccc([C@@H]4C[C@H]4C)o3)[nH]c2c1. The van der Waals surface area contributed by atoms with E-state index < -0.39 is 0 Å². The van der Waals surface area contributed by atoms with Gasteiger partial charge in [-0.2, -0.15) is 0 Å². The van der Waals surface area contributed by atoms with Crippen molar-refractivity contribution in [3.05, 3.63) is 58.7 Å². The maximum absolute atomic E-state index is 12.8. The lowest BCUT2D eigenvalue weighted by Gasteiger charge is -2.14. The molecule has 2 heterocycles. The van der Waals surface area contributed by atoms with Crippen molar-refractivity contribution >= 4 is 16.8 Å². The Labute approximate surface area is 147 Å². The molecule has 1 fully saturated rings. The Kier molecular flexibility index (Phi) is 3.71. The molecule has 25 heavy (non-hydrogen) atoms. The molecule has 2 atom stereocenters. The number of aromatic nitrogens is 1. The van der Waals surface area contributed by atoms with Gasteiger partial charge in [0.2, 0.25) is 0 Å². The number of furan rings is 1. The summed E-state index contributed by atoms with van der Waals surface area (Å²) in [6.45, 7) is 6.86. The molecule has 1 amide bonds.